The zero-order chi connectivity index (χ0) is 18.7. The Labute approximate surface area is 155 Å². The molecule has 0 aromatic heterocycles. The summed E-state index contributed by atoms with van der Waals surface area (Å²) in [5.74, 6) is 0.0365. The van der Waals surface area contributed by atoms with Crippen molar-refractivity contribution in [2.24, 2.45) is 5.92 Å². The van der Waals surface area contributed by atoms with Gasteiger partial charge in [0, 0.05) is 24.3 Å². The lowest BCUT2D eigenvalue weighted by Crippen LogP contribution is -2.39. The van der Waals surface area contributed by atoms with Crippen molar-refractivity contribution in [1.29, 1.82) is 0 Å². The first kappa shape index (κ1) is 18.6. The Morgan fingerprint density at radius 1 is 1.15 bits per heavy atom. The lowest BCUT2D eigenvalue weighted by molar-refractivity contribution is 0.102. The highest BCUT2D eigenvalue weighted by atomic mass is 32.2. The first-order valence-corrected chi connectivity index (χ1v) is 10.3. The summed E-state index contributed by atoms with van der Waals surface area (Å²) in [4.78, 5) is 12.7. The van der Waals surface area contributed by atoms with Crippen molar-refractivity contribution in [3.8, 4) is 0 Å². The van der Waals surface area contributed by atoms with Gasteiger partial charge in [-0.25, -0.2) is 8.42 Å². The molecule has 6 heteroatoms. The Morgan fingerprint density at radius 3 is 2.65 bits per heavy atom. The molecule has 138 valence electrons. The van der Waals surface area contributed by atoms with Gasteiger partial charge in [0.2, 0.25) is 10.0 Å². The third kappa shape index (κ3) is 3.97. The second-order valence-corrected chi connectivity index (χ2v) is 8.85. The van der Waals surface area contributed by atoms with E-state index in [2.05, 4.69) is 12.2 Å². The molecule has 2 aromatic carbocycles. The summed E-state index contributed by atoms with van der Waals surface area (Å²) in [5, 5.41) is 2.84. The number of sulfonamides is 1. The number of hydrogen-bond donors (Lipinski definition) is 1. The van der Waals surface area contributed by atoms with Crippen molar-refractivity contribution in [2.45, 2.75) is 31.6 Å². The van der Waals surface area contributed by atoms with E-state index >= 15 is 0 Å². The van der Waals surface area contributed by atoms with Crippen LogP contribution in [-0.2, 0) is 10.0 Å². The van der Waals surface area contributed by atoms with E-state index < -0.39 is 10.0 Å². The molecule has 5 nitrogen and oxygen atoms in total. The van der Waals surface area contributed by atoms with Gasteiger partial charge < -0.3 is 5.32 Å². The van der Waals surface area contributed by atoms with Crippen LogP contribution in [0.1, 0.15) is 35.7 Å². The first-order chi connectivity index (χ1) is 12.4. The predicted octanol–water partition coefficient (Wildman–Crippen LogP) is 3.67. The maximum Gasteiger partial charge on any atom is 0.255 e. The van der Waals surface area contributed by atoms with Gasteiger partial charge in [0.1, 0.15) is 0 Å². The third-order valence-corrected chi connectivity index (χ3v) is 6.61. The Kier molecular flexibility index (Phi) is 5.44. The monoisotopic (exact) mass is 372 g/mol. The van der Waals surface area contributed by atoms with Crippen LogP contribution in [0, 0.1) is 12.8 Å². The number of benzene rings is 2. The van der Waals surface area contributed by atoms with Crippen molar-refractivity contribution in [3.05, 3.63) is 59.7 Å². The van der Waals surface area contributed by atoms with Crippen molar-refractivity contribution in [2.75, 3.05) is 18.4 Å². The smallest absolute Gasteiger partial charge is 0.255 e. The Bertz CT molecular complexity index is 909. The van der Waals surface area contributed by atoms with Crippen LogP contribution in [-0.4, -0.2) is 31.7 Å². The molecule has 1 aliphatic heterocycles. The molecule has 1 saturated heterocycles. The quantitative estimate of drug-likeness (QED) is 0.890. The average molecular weight is 372 g/mol. The highest BCUT2D eigenvalue weighted by Crippen LogP contribution is 2.24. The third-order valence-electron chi connectivity index (χ3n) is 4.75. The molecule has 1 fully saturated rings. The molecule has 0 aliphatic carbocycles. The van der Waals surface area contributed by atoms with Crippen LogP contribution >= 0.6 is 0 Å². The van der Waals surface area contributed by atoms with Gasteiger partial charge in [-0.1, -0.05) is 31.2 Å². The molecule has 1 unspecified atom stereocenters. The van der Waals surface area contributed by atoms with E-state index in [9.17, 15) is 13.2 Å². The number of hydrogen-bond acceptors (Lipinski definition) is 3. The van der Waals surface area contributed by atoms with Crippen LogP contribution < -0.4 is 5.32 Å². The molecular formula is C20H24N2O3S. The van der Waals surface area contributed by atoms with Crippen LogP contribution in [0.2, 0.25) is 0 Å². The number of rotatable bonds is 4. The minimum Gasteiger partial charge on any atom is -0.322 e. The van der Waals surface area contributed by atoms with Gasteiger partial charge in [-0.2, -0.15) is 4.31 Å². The number of para-hydroxylation sites is 1. The largest absolute Gasteiger partial charge is 0.322 e. The highest BCUT2D eigenvalue weighted by Gasteiger charge is 2.29. The number of carbonyl (C=O) groups excluding carboxylic acids is 1. The molecule has 2 aromatic rings. The predicted molar refractivity (Wildman–Crippen MR) is 103 cm³/mol. The zero-order valence-electron chi connectivity index (χ0n) is 15.1. The van der Waals surface area contributed by atoms with Gasteiger partial charge in [-0.15, -0.1) is 0 Å². The lowest BCUT2D eigenvalue weighted by Gasteiger charge is -2.30. The summed E-state index contributed by atoms with van der Waals surface area (Å²) in [6.45, 7) is 5.04. The summed E-state index contributed by atoms with van der Waals surface area (Å²) >= 11 is 0. The van der Waals surface area contributed by atoms with Gasteiger partial charge in [0.05, 0.1) is 4.90 Å². The molecule has 3 rings (SSSR count). The number of nitrogens with one attached hydrogen (secondary N) is 1. The van der Waals surface area contributed by atoms with Gasteiger partial charge in [0.25, 0.3) is 5.91 Å². The van der Waals surface area contributed by atoms with Gasteiger partial charge in [-0.3, -0.25) is 4.79 Å². The Balaban J connectivity index is 1.83. The summed E-state index contributed by atoms with van der Waals surface area (Å²) in [6.07, 6.45) is 1.92. The maximum absolute atomic E-state index is 12.9. The summed E-state index contributed by atoms with van der Waals surface area (Å²) < 4.78 is 27.4. The standard InChI is InChI=1S/C20H24N2O3S/c1-15-7-6-12-22(14-15)26(24,25)18-10-5-9-17(13-18)20(23)21-19-11-4-3-8-16(19)2/h3-5,8-11,13,15H,6-7,12,14H2,1-2H3,(H,21,23). The molecular weight excluding hydrogens is 348 g/mol. The molecule has 0 radical (unpaired) electrons. The fourth-order valence-electron chi connectivity index (χ4n) is 3.22. The number of carbonyl (C=O) groups is 1. The van der Waals surface area contributed by atoms with Crippen molar-refractivity contribution in [3.63, 3.8) is 0 Å². The first-order valence-electron chi connectivity index (χ1n) is 8.85. The minimum absolute atomic E-state index is 0.170. The number of piperidine rings is 1. The van der Waals surface area contributed by atoms with Crippen LogP contribution in [0.15, 0.2) is 53.4 Å². The Hall–Kier alpha value is -2.18. The van der Waals surface area contributed by atoms with Crippen LogP contribution in [0.25, 0.3) is 0 Å². The van der Waals surface area contributed by atoms with Gasteiger partial charge in [-0.05, 0) is 55.5 Å². The fraction of sp³-hybridized carbons (Fsp3) is 0.350. The highest BCUT2D eigenvalue weighted by molar-refractivity contribution is 7.89. The SMILES string of the molecule is Cc1ccccc1NC(=O)c1cccc(S(=O)(=O)N2CCCC(C)C2)c1. The van der Waals surface area contributed by atoms with E-state index in [1.807, 2.05) is 31.2 Å². The van der Waals surface area contributed by atoms with Gasteiger partial charge >= 0.3 is 0 Å². The summed E-state index contributed by atoms with van der Waals surface area (Å²) in [5.41, 5.74) is 2.00. The van der Waals surface area contributed by atoms with Crippen LogP contribution in [0.3, 0.4) is 0 Å². The molecule has 1 N–H and O–H groups in total. The normalized spacial score (nSPS) is 18.5. The van der Waals surface area contributed by atoms with E-state index in [0.29, 0.717) is 24.6 Å². The Morgan fingerprint density at radius 2 is 1.92 bits per heavy atom. The summed E-state index contributed by atoms with van der Waals surface area (Å²) in [6, 6.07) is 13.7. The molecule has 0 spiro atoms. The molecule has 1 amide bonds. The minimum atomic E-state index is -3.58. The molecule has 26 heavy (non-hydrogen) atoms. The average Bonchev–Trinajstić information content (AvgIpc) is 2.63. The van der Waals surface area contributed by atoms with Gasteiger partial charge in [0.15, 0.2) is 0 Å². The van der Waals surface area contributed by atoms with E-state index in [1.54, 1.807) is 18.2 Å². The van der Waals surface area contributed by atoms with Crippen molar-refractivity contribution in [1.82, 2.24) is 4.31 Å². The van der Waals surface area contributed by atoms with Crippen molar-refractivity contribution < 1.29 is 13.2 Å². The van der Waals surface area contributed by atoms with E-state index in [4.69, 9.17) is 0 Å². The topological polar surface area (TPSA) is 66.5 Å². The zero-order valence-corrected chi connectivity index (χ0v) is 15.9. The maximum atomic E-state index is 12.9. The molecule has 0 saturated carbocycles. The number of anilines is 1. The second kappa shape index (κ2) is 7.60. The number of aryl methyl sites for hydroxylation is 1. The fourth-order valence-corrected chi connectivity index (χ4v) is 4.86. The number of amides is 1. The molecule has 1 aliphatic rings. The van der Waals surface area contributed by atoms with Crippen LogP contribution in [0.5, 0.6) is 0 Å². The number of nitrogens with zero attached hydrogens (tertiary/aromatic N) is 1. The van der Waals surface area contributed by atoms with Crippen molar-refractivity contribution >= 4 is 21.6 Å². The van der Waals surface area contributed by atoms with E-state index in [1.165, 1.54) is 10.4 Å². The summed E-state index contributed by atoms with van der Waals surface area (Å²) in [7, 11) is -3.58. The lowest BCUT2D eigenvalue weighted by atomic mass is 10.0. The van der Waals surface area contributed by atoms with E-state index in [-0.39, 0.29) is 10.8 Å². The second-order valence-electron chi connectivity index (χ2n) is 6.91. The molecule has 1 heterocycles. The molecule has 0 bridgehead atoms. The van der Waals surface area contributed by atoms with E-state index in [0.717, 1.165) is 24.1 Å². The van der Waals surface area contributed by atoms with Crippen LogP contribution in [0.4, 0.5) is 5.69 Å². The molecule has 1 atom stereocenters.